The highest BCUT2D eigenvalue weighted by atomic mass is 127. The van der Waals surface area contributed by atoms with Gasteiger partial charge in [0.05, 0.1) is 33.0 Å². The Hall–Kier alpha value is -1.26. The maximum Gasteiger partial charge on any atom is 0.191 e. The first-order valence-corrected chi connectivity index (χ1v) is 9.98. The second-order valence-corrected chi connectivity index (χ2v) is 8.07. The fourth-order valence-electron chi connectivity index (χ4n) is 4.39. The third-order valence-corrected chi connectivity index (χ3v) is 5.92. The standard InChI is InChI=1S/C21H33N3O4.HI/c1-6-22-20(24-18-16-7-8-28-19(16)21(18,2)3)23-12-17(25)13-9-14(26-4)11-15(10-13)27-5;/h9-11,16-19,25H,6-8,12H2,1-5H3,(H2,22,23,24);1H. The van der Waals surface area contributed by atoms with E-state index in [-0.39, 0.29) is 35.9 Å². The van der Waals surface area contributed by atoms with E-state index in [0.717, 1.165) is 25.5 Å². The molecule has 2 aliphatic rings. The minimum absolute atomic E-state index is 0. The molecular formula is C21H34IN3O4. The Bertz CT molecular complexity index is 691. The molecule has 1 saturated carbocycles. The lowest BCUT2D eigenvalue weighted by Crippen LogP contribution is -2.68. The number of fused-ring (bicyclic) bond motifs is 1. The predicted molar refractivity (Wildman–Crippen MR) is 124 cm³/mol. The number of nitrogens with one attached hydrogen (secondary N) is 2. The highest BCUT2D eigenvalue weighted by molar-refractivity contribution is 14.0. The number of nitrogens with zero attached hydrogens (tertiary/aromatic N) is 1. The van der Waals surface area contributed by atoms with Crippen molar-refractivity contribution in [1.29, 1.82) is 0 Å². The van der Waals surface area contributed by atoms with Crippen LogP contribution in [0.2, 0.25) is 0 Å². The fourth-order valence-corrected chi connectivity index (χ4v) is 4.39. The molecule has 4 unspecified atom stereocenters. The molecule has 164 valence electrons. The SMILES string of the molecule is CCNC(=NCC(O)c1cc(OC)cc(OC)c1)NC1C2CCOC2C1(C)C.I. The van der Waals surface area contributed by atoms with Gasteiger partial charge in [0.1, 0.15) is 11.5 Å². The topological polar surface area (TPSA) is 84.3 Å². The van der Waals surface area contributed by atoms with E-state index >= 15 is 0 Å². The van der Waals surface area contributed by atoms with E-state index < -0.39 is 6.10 Å². The Morgan fingerprint density at radius 1 is 1.28 bits per heavy atom. The lowest BCUT2D eigenvalue weighted by Gasteiger charge is -2.54. The van der Waals surface area contributed by atoms with Gasteiger partial charge in [-0.15, -0.1) is 24.0 Å². The van der Waals surface area contributed by atoms with Crippen LogP contribution in [0.3, 0.4) is 0 Å². The first kappa shape index (κ1) is 24.0. The summed E-state index contributed by atoms with van der Waals surface area (Å²) < 4.78 is 16.4. The Kier molecular flexibility index (Phi) is 8.42. The molecule has 0 amide bonds. The number of ether oxygens (including phenoxy) is 3. The largest absolute Gasteiger partial charge is 0.497 e. The number of methoxy groups -OCH3 is 2. The molecule has 1 aliphatic carbocycles. The predicted octanol–water partition coefficient (Wildman–Crippen LogP) is 2.72. The number of halogens is 1. The molecule has 0 bridgehead atoms. The summed E-state index contributed by atoms with van der Waals surface area (Å²) in [5.74, 6) is 2.53. The number of aliphatic imine (C=N–C) groups is 1. The zero-order valence-electron chi connectivity index (χ0n) is 17.9. The molecule has 1 aromatic rings. The molecule has 1 aliphatic heterocycles. The molecule has 1 heterocycles. The highest BCUT2D eigenvalue weighted by Gasteiger charge is 2.59. The van der Waals surface area contributed by atoms with Gasteiger partial charge < -0.3 is 30.0 Å². The van der Waals surface area contributed by atoms with Gasteiger partial charge in [-0.25, -0.2) is 0 Å². The average molecular weight is 519 g/mol. The van der Waals surface area contributed by atoms with Crippen LogP contribution in [0.1, 0.15) is 38.9 Å². The molecule has 0 spiro atoms. The van der Waals surface area contributed by atoms with Crippen molar-refractivity contribution in [1.82, 2.24) is 10.6 Å². The second-order valence-electron chi connectivity index (χ2n) is 8.07. The molecule has 7 nitrogen and oxygen atoms in total. The van der Waals surface area contributed by atoms with E-state index in [1.54, 1.807) is 32.4 Å². The van der Waals surface area contributed by atoms with Crippen molar-refractivity contribution in [3.8, 4) is 11.5 Å². The van der Waals surface area contributed by atoms with Crippen LogP contribution < -0.4 is 20.1 Å². The molecule has 0 aromatic heterocycles. The van der Waals surface area contributed by atoms with Gasteiger partial charge in [0, 0.05) is 36.6 Å². The first-order chi connectivity index (χ1) is 13.4. The zero-order chi connectivity index (χ0) is 20.3. The summed E-state index contributed by atoms with van der Waals surface area (Å²) >= 11 is 0. The van der Waals surface area contributed by atoms with Gasteiger partial charge in [0.25, 0.3) is 0 Å². The van der Waals surface area contributed by atoms with Gasteiger partial charge in [-0.05, 0) is 31.0 Å². The van der Waals surface area contributed by atoms with Crippen LogP contribution in [0.4, 0.5) is 0 Å². The summed E-state index contributed by atoms with van der Waals surface area (Å²) in [4.78, 5) is 4.62. The van der Waals surface area contributed by atoms with Crippen LogP contribution in [0.25, 0.3) is 0 Å². The lowest BCUT2D eigenvalue weighted by molar-refractivity contribution is -0.106. The smallest absolute Gasteiger partial charge is 0.191 e. The van der Waals surface area contributed by atoms with Crippen molar-refractivity contribution in [3.05, 3.63) is 23.8 Å². The molecule has 1 aromatic carbocycles. The van der Waals surface area contributed by atoms with Crippen LogP contribution >= 0.6 is 24.0 Å². The van der Waals surface area contributed by atoms with Crippen molar-refractivity contribution in [2.75, 3.05) is 33.9 Å². The maximum absolute atomic E-state index is 10.6. The molecular weight excluding hydrogens is 485 g/mol. The van der Waals surface area contributed by atoms with E-state index in [4.69, 9.17) is 14.2 Å². The molecule has 29 heavy (non-hydrogen) atoms. The lowest BCUT2D eigenvalue weighted by atomic mass is 9.57. The molecule has 1 saturated heterocycles. The molecule has 0 radical (unpaired) electrons. The zero-order valence-corrected chi connectivity index (χ0v) is 20.2. The van der Waals surface area contributed by atoms with Gasteiger partial charge in [0.2, 0.25) is 0 Å². The first-order valence-electron chi connectivity index (χ1n) is 9.98. The van der Waals surface area contributed by atoms with Crippen molar-refractivity contribution in [3.63, 3.8) is 0 Å². The summed E-state index contributed by atoms with van der Waals surface area (Å²) in [6, 6.07) is 5.70. The number of hydrogen-bond acceptors (Lipinski definition) is 5. The number of hydrogen-bond donors (Lipinski definition) is 3. The Balaban J connectivity index is 0.00000300. The number of aliphatic hydroxyl groups is 1. The normalized spacial score (nSPS) is 25.9. The van der Waals surface area contributed by atoms with Crippen molar-refractivity contribution in [2.45, 2.75) is 45.4 Å². The molecule has 2 fully saturated rings. The number of guanidine groups is 1. The molecule has 3 rings (SSSR count). The monoisotopic (exact) mass is 519 g/mol. The molecule has 3 N–H and O–H groups in total. The third-order valence-electron chi connectivity index (χ3n) is 5.92. The summed E-state index contributed by atoms with van der Waals surface area (Å²) in [6.45, 7) is 8.33. The van der Waals surface area contributed by atoms with E-state index in [2.05, 4.69) is 29.5 Å². The highest BCUT2D eigenvalue weighted by Crippen LogP contribution is 2.52. The number of rotatable bonds is 7. The van der Waals surface area contributed by atoms with Crippen molar-refractivity contribution >= 4 is 29.9 Å². The van der Waals surface area contributed by atoms with Crippen LogP contribution in [-0.2, 0) is 4.74 Å². The summed E-state index contributed by atoms with van der Waals surface area (Å²) in [6.07, 6.45) is 0.649. The van der Waals surface area contributed by atoms with Crippen LogP contribution in [-0.4, -0.2) is 57.1 Å². The van der Waals surface area contributed by atoms with E-state index in [1.807, 2.05) is 6.92 Å². The van der Waals surface area contributed by atoms with Gasteiger partial charge in [-0.1, -0.05) is 13.8 Å². The van der Waals surface area contributed by atoms with Crippen molar-refractivity contribution < 1.29 is 19.3 Å². The minimum atomic E-state index is -0.753. The Labute approximate surface area is 190 Å². The Morgan fingerprint density at radius 3 is 2.52 bits per heavy atom. The minimum Gasteiger partial charge on any atom is -0.497 e. The number of benzene rings is 1. The van der Waals surface area contributed by atoms with Gasteiger partial charge >= 0.3 is 0 Å². The van der Waals surface area contributed by atoms with E-state index in [0.29, 0.717) is 35.1 Å². The van der Waals surface area contributed by atoms with E-state index in [1.165, 1.54) is 0 Å². The van der Waals surface area contributed by atoms with Crippen molar-refractivity contribution in [2.24, 2.45) is 16.3 Å². The molecule has 4 atom stereocenters. The van der Waals surface area contributed by atoms with Crippen LogP contribution in [0.15, 0.2) is 23.2 Å². The number of aliphatic hydroxyl groups excluding tert-OH is 1. The van der Waals surface area contributed by atoms with Gasteiger partial charge in [-0.2, -0.15) is 0 Å². The van der Waals surface area contributed by atoms with Gasteiger partial charge in [0.15, 0.2) is 5.96 Å². The van der Waals surface area contributed by atoms with E-state index in [9.17, 15) is 5.11 Å². The summed E-state index contributed by atoms with van der Waals surface area (Å²) in [7, 11) is 3.19. The Morgan fingerprint density at radius 2 is 1.93 bits per heavy atom. The quantitative estimate of drug-likeness (QED) is 0.292. The summed E-state index contributed by atoms with van der Waals surface area (Å²) in [5, 5.41) is 17.5. The van der Waals surface area contributed by atoms with Crippen LogP contribution in [0, 0.1) is 11.3 Å². The molecule has 8 heteroatoms. The average Bonchev–Trinajstić information content (AvgIpc) is 3.16. The third kappa shape index (κ3) is 5.08. The summed E-state index contributed by atoms with van der Waals surface area (Å²) in [5.41, 5.74) is 0.778. The second kappa shape index (κ2) is 10.2. The van der Waals surface area contributed by atoms with Crippen LogP contribution in [0.5, 0.6) is 11.5 Å². The fraction of sp³-hybridized carbons (Fsp3) is 0.667. The van der Waals surface area contributed by atoms with Gasteiger partial charge in [-0.3, -0.25) is 4.99 Å². The maximum atomic E-state index is 10.6.